The zero-order valence-electron chi connectivity index (χ0n) is 37.2. The number of hydrogen-bond acceptors (Lipinski definition) is 12. The van der Waals surface area contributed by atoms with Gasteiger partial charge in [0.25, 0.3) is 0 Å². The predicted octanol–water partition coefficient (Wildman–Crippen LogP) is 9.12. The van der Waals surface area contributed by atoms with Gasteiger partial charge in [-0.25, -0.2) is 4.79 Å². The third kappa shape index (κ3) is 11.5. The van der Waals surface area contributed by atoms with E-state index in [-0.39, 0.29) is 51.4 Å². The van der Waals surface area contributed by atoms with E-state index in [0.29, 0.717) is 80.0 Å². The number of fused-ring (bicyclic) bond motifs is 2. The molecule has 15 heteroatoms. The lowest BCUT2D eigenvalue weighted by atomic mass is 9.88. The standard InChI is InChI=1S/C52H50Cl2N8O5/c1-59(23-25-61(29-35-13-5-9-19-55-35)30-36-14-6-10-20-56-36)33-43-48(63)45(53)27-41-47(39-17-3-4-18-40(39)52(65)66)42-28-46(54)49(64)44(51(42)67-50(41)43)34-60(2)24-26-62(31-37-15-7-11-21-57-37)32-38-16-8-12-22-58-38/h3-22,27-28,63H,23-26,29-34H2,1-2H3,(H,65,66). The first-order chi connectivity index (χ1) is 32.5. The quantitative estimate of drug-likeness (QED) is 0.0700. The number of rotatable bonds is 20. The Balaban J connectivity index is 1.16. The highest BCUT2D eigenvalue weighted by Crippen LogP contribution is 2.47. The van der Waals surface area contributed by atoms with Crippen LogP contribution in [-0.2, 0) is 39.3 Å². The molecule has 0 amide bonds. The number of aromatic hydroxyl groups is 1. The molecule has 67 heavy (non-hydrogen) atoms. The predicted molar refractivity (Wildman–Crippen MR) is 261 cm³/mol. The van der Waals surface area contributed by atoms with Crippen molar-refractivity contribution in [2.24, 2.45) is 0 Å². The SMILES string of the molecule is CN(CCN(Cc1ccccn1)Cc1ccccn1)Cc1c2oc3c(CN(C)CCN(Cc4ccccn4)Cc4ccccn4)c(O)c(Cl)cc3c(-c3ccccc3C(=O)O)c-2cc(Cl)c1=O. The molecule has 0 saturated heterocycles. The zero-order valence-corrected chi connectivity index (χ0v) is 38.7. The first-order valence-electron chi connectivity index (χ1n) is 21.9. The topological polar surface area (TPSA) is 152 Å². The maximum Gasteiger partial charge on any atom is 0.336 e. The van der Waals surface area contributed by atoms with Crippen molar-refractivity contribution in [2.45, 2.75) is 39.3 Å². The minimum Gasteiger partial charge on any atom is -0.506 e. The van der Waals surface area contributed by atoms with Crippen molar-refractivity contribution >= 4 is 40.1 Å². The van der Waals surface area contributed by atoms with Crippen LogP contribution in [-0.4, -0.2) is 96.0 Å². The molecule has 6 aromatic rings. The number of likely N-dealkylation sites (N-methyl/N-ethyl adjacent to an activating group) is 2. The molecule has 0 radical (unpaired) electrons. The molecule has 5 heterocycles. The minimum absolute atomic E-state index is 0.0296. The lowest BCUT2D eigenvalue weighted by Gasteiger charge is -2.27. The lowest BCUT2D eigenvalue weighted by molar-refractivity contribution is 0.0697. The summed E-state index contributed by atoms with van der Waals surface area (Å²) in [5.74, 6) is -1.10. The molecule has 1 aliphatic carbocycles. The van der Waals surface area contributed by atoms with Gasteiger partial charge < -0.3 is 24.4 Å². The molecule has 0 bridgehead atoms. The number of phenols is 1. The second-order valence-corrected chi connectivity index (χ2v) is 17.4. The van der Waals surface area contributed by atoms with E-state index in [1.165, 1.54) is 12.1 Å². The molecule has 0 unspecified atom stereocenters. The molecule has 2 aliphatic rings. The van der Waals surface area contributed by atoms with Crippen molar-refractivity contribution in [3.63, 3.8) is 0 Å². The smallest absolute Gasteiger partial charge is 0.336 e. The number of carbonyl (C=O) groups is 1. The van der Waals surface area contributed by atoms with E-state index in [9.17, 15) is 19.8 Å². The Labute approximate surface area is 398 Å². The highest BCUT2D eigenvalue weighted by Gasteiger charge is 2.29. The molecule has 13 nitrogen and oxygen atoms in total. The number of benzene rings is 3. The van der Waals surface area contributed by atoms with Gasteiger partial charge in [0, 0.05) is 107 Å². The molecular formula is C52H50Cl2N8O5. The van der Waals surface area contributed by atoms with E-state index in [4.69, 9.17) is 27.6 Å². The van der Waals surface area contributed by atoms with Gasteiger partial charge in [-0.3, -0.25) is 34.5 Å². The van der Waals surface area contributed by atoms with Gasteiger partial charge in [0.05, 0.1) is 49.5 Å². The number of carboxylic acids is 1. The third-order valence-electron chi connectivity index (χ3n) is 11.7. The number of phenolic OH excluding ortho intramolecular Hbond substituents is 1. The van der Waals surface area contributed by atoms with Gasteiger partial charge in [0.15, 0.2) is 0 Å². The van der Waals surface area contributed by atoms with Crippen LogP contribution in [0.3, 0.4) is 0 Å². The highest BCUT2D eigenvalue weighted by atomic mass is 35.5. The second-order valence-electron chi connectivity index (χ2n) is 16.6. The van der Waals surface area contributed by atoms with Gasteiger partial charge in [-0.1, -0.05) is 65.7 Å². The Morgan fingerprint density at radius 3 is 1.51 bits per heavy atom. The molecule has 0 atom stereocenters. The van der Waals surface area contributed by atoms with Crippen LogP contribution < -0.4 is 5.43 Å². The molecule has 0 saturated carbocycles. The first-order valence-corrected chi connectivity index (χ1v) is 22.6. The van der Waals surface area contributed by atoms with Crippen LogP contribution in [0.1, 0.15) is 44.3 Å². The summed E-state index contributed by atoms with van der Waals surface area (Å²) in [7, 11) is 3.86. The van der Waals surface area contributed by atoms with Crippen LogP contribution in [0, 0.1) is 0 Å². The molecule has 0 spiro atoms. The fourth-order valence-electron chi connectivity index (χ4n) is 8.30. The van der Waals surface area contributed by atoms with Gasteiger partial charge >= 0.3 is 5.97 Å². The average Bonchev–Trinajstić information content (AvgIpc) is 3.34. The zero-order chi connectivity index (χ0) is 46.9. The summed E-state index contributed by atoms with van der Waals surface area (Å²) in [6.45, 7) is 5.01. The third-order valence-corrected chi connectivity index (χ3v) is 12.2. The number of carboxylic acid groups (broad SMARTS) is 1. The summed E-state index contributed by atoms with van der Waals surface area (Å²) in [5, 5.41) is 22.7. The Morgan fingerprint density at radius 2 is 1.04 bits per heavy atom. The Morgan fingerprint density at radius 1 is 0.582 bits per heavy atom. The number of aromatic nitrogens is 4. The molecule has 2 aromatic carbocycles. The van der Waals surface area contributed by atoms with Gasteiger partial charge in [-0.15, -0.1) is 0 Å². The van der Waals surface area contributed by atoms with Crippen molar-refractivity contribution in [3.8, 4) is 28.2 Å². The molecule has 2 N–H and O–H groups in total. The summed E-state index contributed by atoms with van der Waals surface area (Å²) < 4.78 is 6.88. The lowest BCUT2D eigenvalue weighted by Crippen LogP contribution is -2.34. The molecule has 4 aromatic heterocycles. The molecule has 8 rings (SSSR count). The van der Waals surface area contributed by atoms with Crippen LogP contribution in [0.4, 0.5) is 0 Å². The van der Waals surface area contributed by atoms with Crippen LogP contribution in [0.2, 0.25) is 10.0 Å². The van der Waals surface area contributed by atoms with Crippen LogP contribution in [0.15, 0.2) is 143 Å². The van der Waals surface area contributed by atoms with E-state index in [0.717, 1.165) is 22.8 Å². The minimum atomic E-state index is -1.14. The highest BCUT2D eigenvalue weighted by molar-refractivity contribution is 6.33. The number of aromatic carboxylic acids is 1. The van der Waals surface area contributed by atoms with Crippen molar-refractivity contribution in [1.29, 1.82) is 0 Å². The molecule has 342 valence electrons. The summed E-state index contributed by atoms with van der Waals surface area (Å²) in [4.78, 5) is 53.9. The van der Waals surface area contributed by atoms with Crippen LogP contribution in [0.25, 0.3) is 33.4 Å². The van der Waals surface area contributed by atoms with E-state index in [1.807, 2.05) is 91.8 Å². The first kappa shape index (κ1) is 46.9. The monoisotopic (exact) mass is 936 g/mol. The van der Waals surface area contributed by atoms with Crippen molar-refractivity contribution in [1.82, 2.24) is 39.5 Å². The van der Waals surface area contributed by atoms with Gasteiger partial charge in [0.2, 0.25) is 5.43 Å². The van der Waals surface area contributed by atoms with E-state index in [2.05, 4.69) is 34.6 Å². The number of halogens is 2. The summed E-state index contributed by atoms with van der Waals surface area (Å²) >= 11 is 13.7. The molecule has 0 fully saturated rings. The average molecular weight is 938 g/mol. The van der Waals surface area contributed by atoms with Gasteiger partial charge in [0.1, 0.15) is 17.1 Å². The number of nitrogens with zero attached hydrogens (tertiary/aromatic N) is 8. The van der Waals surface area contributed by atoms with E-state index >= 15 is 0 Å². The van der Waals surface area contributed by atoms with Gasteiger partial charge in [-0.2, -0.15) is 0 Å². The normalized spacial score (nSPS) is 11.8. The second kappa shape index (κ2) is 21.8. The number of hydrogen-bond donors (Lipinski definition) is 2. The largest absolute Gasteiger partial charge is 0.506 e. The Kier molecular flexibility index (Phi) is 15.3. The van der Waals surface area contributed by atoms with Crippen molar-refractivity contribution in [3.05, 3.63) is 194 Å². The van der Waals surface area contributed by atoms with Crippen molar-refractivity contribution in [2.75, 3.05) is 40.3 Å². The number of pyridine rings is 4. The van der Waals surface area contributed by atoms with E-state index in [1.54, 1.807) is 49.1 Å². The fourth-order valence-corrected chi connectivity index (χ4v) is 8.74. The molecular weight excluding hydrogens is 888 g/mol. The summed E-state index contributed by atoms with van der Waals surface area (Å²) in [6.07, 6.45) is 7.11. The summed E-state index contributed by atoms with van der Waals surface area (Å²) in [5.41, 5.74) is 5.47. The maximum absolute atomic E-state index is 14.3. The van der Waals surface area contributed by atoms with E-state index < -0.39 is 11.4 Å². The molecule has 1 aliphatic heterocycles. The maximum atomic E-state index is 14.3. The van der Waals surface area contributed by atoms with Crippen LogP contribution in [0.5, 0.6) is 5.75 Å². The Bertz CT molecular complexity index is 2880. The Hall–Kier alpha value is -6.58. The van der Waals surface area contributed by atoms with Crippen molar-refractivity contribution < 1.29 is 19.4 Å². The fraction of sp³-hybridized carbons (Fsp3) is 0.231. The van der Waals surface area contributed by atoms with Crippen LogP contribution >= 0.6 is 23.2 Å². The van der Waals surface area contributed by atoms with Gasteiger partial charge in [-0.05, 0) is 86.4 Å². The summed E-state index contributed by atoms with van der Waals surface area (Å²) in [6, 6.07) is 33.1.